The zero-order valence-corrected chi connectivity index (χ0v) is 7.26. The first-order chi connectivity index (χ1) is 5.42. The van der Waals surface area contributed by atoms with Crippen LogP contribution in [0.25, 0.3) is 0 Å². The van der Waals surface area contributed by atoms with E-state index in [-0.39, 0.29) is 0 Å². The second kappa shape index (κ2) is 3.14. The fourth-order valence-electron chi connectivity index (χ4n) is 2.68. The smallest absolute Gasteiger partial charge is 0.00460 e. The molecule has 0 aromatic carbocycles. The molecule has 2 rings (SSSR count). The molecule has 2 aliphatic carbocycles. The summed E-state index contributed by atoms with van der Waals surface area (Å²) in [6.45, 7) is 0.946. The number of hydrogen-bond acceptors (Lipinski definition) is 1. The summed E-state index contributed by atoms with van der Waals surface area (Å²) in [6, 6.07) is 0. The summed E-state index contributed by atoms with van der Waals surface area (Å²) >= 11 is 0. The van der Waals surface area contributed by atoms with Crippen LogP contribution in [0, 0.1) is 17.8 Å². The standard InChI is InChI=1S/C10H19N/c11-7-9-6-10(9)8-4-2-1-3-5-8/h8-10H,1-7,11H2/t9-,10+/m1/s1. The maximum absolute atomic E-state index is 5.63. The zero-order valence-electron chi connectivity index (χ0n) is 7.26. The van der Waals surface area contributed by atoms with Crippen LogP contribution in [0.1, 0.15) is 38.5 Å². The molecule has 64 valence electrons. The molecule has 0 amide bonds. The fraction of sp³-hybridized carbons (Fsp3) is 1.00. The van der Waals surface area contributed by atoms with Crippen molar-refractivity contribution in [3.8, 4) is 0 Å². The Labute approximate surface area is 69.4 Å². The van der Waals surface area contributed by atoms with Gasteiger partial charge in [0, 0.05) is 0 Å². The molecule has 2 atom stereocenters. The summed E-state index contributed by atoms with van der Waals surface area (Å²) in [7, 11) is 0. The third-order valence-corrected chi connectivity index (χ3v) is 3.54. The molecule has 1 nitrogen and oxygen atoms in total. The molecular formula is C10H19N. The van der Waals surface area contributed by atoms with E-state index in [0.29, 0.717) is 0 Å². The average Bonchev–Trinajstić information content (AvgIpc) is 2.85. The topological polar surface area (TPSA) is 26.0 Å². The Morgan fingerprint density at radius 1 is 1.09 bits per heavy atom. The van der Waals surface area contributed by atoms with Gasteiger partial charge in [-0.15, -0.1) is 0 Å². The highest BCUT2D eigenvalue weighted by Gasteiger charge is 2.41. The molecule has 11 heavy (non-hydrogen) atoms. The summed E-state index contributed by atoms with van der Waals surface area (Å²) in [5.74, 6) is 3.02. The molecule has 0 bridgehead atoms. The van der Waals surface area contributed by atoms with E-state index in [0.717, 1.165) is 24.3 Å². The lowest BCUT2D eigenvalue weighted by Gasteiger charge is -2.21. The van der Waals surface area contributed by atoms with E-state index < -0.39 is 0 Å². The molecule has 2 aliphatic rings. The van der Waals surface area contributed by atoms with Crippen LogP contribution < -0.4 is 5.73 Å². The third kappa shape index (κ3) is 1.58. The first-order valence-corrected chi connectivity index (χ1v) is 5.12. The van der Waals surface area contributed by atoms with Crippen LogP contribution in [0.3, 0.4) is 0 Å². The van der Waals surface area contributed by atoms with Crippen LogP contribution in [0.4, 0.5) is 0 Å². The number of hydrogen-bond donors (Lipinski definition) is 1. The lowest BCUT2D eigenvalue weighted by molar-refractivity contribution is 0.310. The molecule has 0 saturated heterocycles. The Balaban J connectivity index is 1.77. The minimum Gasteiger partial charge on any atom is -0.330 e. The maximum atomic E-state index is 5.63. The largest absolute Gasteiger partial charge is 0.330 e. The van der Waals surface area contributed by atoms with Gasteiger partial charge in [0.05, 0.1) is 0 Å². The summed E-state index contributed by atoms with van der Waals surface area (Å²) in [5.41, 5.74) is 5.63. The molecule has 0 aromatic heterocycles. The predicted octanol–water partition coefficient (Wildman–Crippen LogP) is 2.16. The highest BCUT2D eigenvalue weighted by atomic mass is 14.6. The molecule has 0 aromatic rings. The molecular weight excluding hydrogens is 134 g/mol. The van der Waals surface area contributed by atoms with Crippen LogP contribution in [0.5, 0.6) is 0 Å². The van der Waals surface area contributed by atoms with Gasteiger partial charge in [-0.1, -0.05) is 32.1 Å². The minimum absolute atomic E-state index is 0.915. The molecule has 1 heteroatoms. The predicted molar refractivity (Wildman–Crippen MR) is 47.2 cm³/mol. The summed E-state index contributed by atoms with van der Waals surface area (Å²) in [4.78, 5) is 0. The van der Waals surface area contributed by atoms with E-state index in [9.17, 15) is 0 Å². The molecule has 0 radical (unpaired) electrons. The van der Waals surface area contributed by atoms with Crippen LogP contribution >= 0.6 is 0 Å². The van der Waals surface area contributed by atoms with Crippen molar-refractivity contribution >= 4 is 0 Å². The van der Waals surface area contributed by atoms with Crippen LogP contribution in [-0.4, -0.2) is 6.54 Å². The highest BCUT2D eigenvalue weighted by molar-refractivity contribution is 4.92. The lowest BCUT2D eigenvalue weighted by atomic mass is 9.85. The highest BCUT2D eigenvalue weighted by Crippen LogP contribution is 2.48. The molecule has 2 N–H and O–H groups in total. The van der Waals surface area contributed by atoms with Crippen molar-refractivity contribution in [3.63, 3.8) is 0 Å². The monoisotopic (exact) mass is 153 g/mol. The van der Waals surface area contributed by atoms with Crippen molar-refractivity contribution in [2.24, 2.45) is 23.5 Å². The van der Waals surface area contributed by atoms with Gasteiger partial charge >= 0.3 is 0 Å². The molecule has 0 aliphatic heterocycles. The van der Waals surface area contributed by atoms with Crippen molar-refractivity contribution < 1.29 is 0 Å². The number of nitrogens with two attached hydrogens (primary N) is 1. The van der Waals surface area contributed by atoms with E-state index in [1.165, 1.54) is 38.5 Å². The van der Waals surface area contributed by atoms with Crippen molar-refractivity contribution in [1.82, 2.24) is 0 Å². The van der Waals surface area contributed by atoms with Crippen LogP contribution in [0.2, 0.25) is 0 Å². The Hall–Kier alpha value is -0.0400. The van der Waals surface area contributed by atoms with Gasteiger partial charge in [-0.05, 0) is 30.7 Å². The Bertz CT molecular complexity index is 127. The maximum Gasteiger partial charge on any atom is -0.00460 e. The molecule has 0 heterocycles. The van der Waals surface area contributed by atoms with Crippen molar-refractivity contribution in [2.45, 2.75) is 38.5 Å². The minimum atomic E-state index is 0.915. The van der Waals surface area contributed by atoms with Crippen LogP contribution in [0.15, 0.2) is 0 Å². The Kier molecular flexibility index (Phi) is 2.17. The zero-order chi connectivity index (χ0) is 7.68. The molecule has 0 unspecified atom stereocenters. The van der Waals surface area contributed by atoms with Gasteiger partial charge in [-0.25, -0.2) is 0 Å². The molecule has 2 saturated carbocycles. The summed E-state index contributed by atoms with van der Waals surface area (Å²) < 4.78 is 0. The van der Waals surface area contributed by atoms with E-state index in [1.807, 2.05) is 0 Å². The second-order valence-corrected chi connectivity index (χ2v) is 4.29. The third-order valence-electron chi connectivity index (χ3n) is 3.54. The summed E-state index contributed by atoms with van der Waals surface area (Å²) in [5, 5.41) is 0. The first-order valence-electron chi connectivity index (χ1n) is 5.12. The molecule has 0 spiro atoms. The second-order valence-electron chi connectivity index (χ2n) is 4.29. The first kappa shape index (κ1) is 7.60. The number of rotatable bonds is 2. The molecule has 2 fully saturated rings. The van der Waals surface area contributed by atoms with E-state index >= 15 is 0 Å². The Morgan fingerprint density at radius 2 is 1.82 bits per heavy atom. The van der Waals surface area contributed by atoms with Gasteiger partial charge < -0.3 is 5.73 Å². The summed E-state index contributed by atoms with van der Waals surface area (Å²) in [6.07, 6.45) is 8.90. The fourth-order valence-corrected chi connectivity index (χ4v) is 2.68. The SMILES string of the molecule is NC[C@H]1C[C@H]1C1CCCCC1. The van der Waals surface area contributed by atoms with Crippen molar-refractivity contribution in [1.29, 1.82) is 0 Å². The lowest BCUT2D eigenvalue weighted by Crippen LogP contribution is -2.12. The van der Waals surface area contributed by atoms with E-state index in [4.69, 9.17) is 5.73 Å². The quantitative estimate of drug-likeness (QED) is 0.646. The van der Waals surface area contributed by atoms with Crippen molar-refractivity contribution in [3.05, 3.63) is 0 Å². The van der Waals surface area contributed by atoms with Gasteiger partial charge in [0.2, 0.25) is 0 Å². The van der Waals surface area contributed by atoms with Gasteiger partial charge in [-0.3, -0.25) is 0 Å². The van der Waals surface area contributed by atoms with E-state index in [1.54, 1.807) is 0 Å². The van der Waals surface area contributed by atoms with Gasteiger partial charge in [0.25, 0.3) is 0 Å². The normalized spacial score (nSPS) is 39.0. The average molecular weight is 153 g/mol. The Morgan fingerprint density at radius 3 is 2.36 bits per heavy atom. The van der Waals surface area contributed by atoms with Gasteiger partial charge in [0.1, 0.15) is 0 Å². The van der Waals surface area contributed by atoms with E-state index in [2.05, 4.69) is 0 Å². The van der Waals surface area contributed by atoms with Gasteiger partial charge in [-0.2, -0.15) is 0 Å². The van der Waals surface area contributed by atoms with Gasteiger partial charge in [0.15, 0.2) is 0 Å². The van der Waals surface area contributed by atoms with Crippen LogP contribution in [-0.2, 0) is 0 Å². The van der Waals surface area contributed by atoms with Crippen molar-refractivity contribution in [2.75, 3.05) is 6.54 Å².